The minimum Gasteiger partial charge on any atom is -0.369 e. The fraction of sp³-hybridized carbons (Fsp3) is 0.321. The second-order valence-corrected chi connectivity index (χ2v) is 9.64. The Bertz CT molecular complexity index is 1410. The molecule has 1 fully saturated rings. The molecule has 1 saturated heterocycles. The number of rotatable bonds is 4. The number of pyridine rings is 1. The number of hydrogen-bond acceptors (Lipinski definition) is 6. The first-order valence-electron chi connectivity index (χ1n) is 12.4. The molecular weight excluding hydrogens is 436 g/mol. The molecule has 4 aromatic rings. The number of benzene rings is 2. The molecule has 1 aliphatic carbocycles. The van der Waals surface area contributed by atoms with Gasteiger partial charge in [-0.3, -0.25) is 9.36 Å². The number of anilines is 3. The van der Waals surface area contributed by atoms with Gasteiger partial charge in [0.25, 0.3) is 5.56 Å². The van der Waals surface area contributed by atoms with E-state index in [1.54, 1.807) is 12.3 Å². The summed E-state index contributed by atoms with van der Waals surface area (Å²) >= 11 is 0. The highest BCUT2D eigenvalue weighted by molar-refractivity contribution is 5.76. The predicted molar refractivity (Wildman–Crippen MR) is 141 cm³/mol. The third kappa shape index (κ3) is 4.39. The van der Waals surface area contributed by atoms with Crippen LogP contribution in [-0.4, -0.2) is 52.7 Å². The second-order valence-electron chi connectivity index (χ2n) is 9.64. The minimum absolute atomic E-state index is 0.0111. The van der Waals surface area contributed by atoms with Crippen molar-refractivity contribution in [1.82, 2.24) is 19.4 Å². The summed E-state index contributed by atoms with van der Waals surface area (Å²) in [5.41, 5.74) is 5.54. The fourth-order valence-electron chi connectivity index (χ4n) is 5.30. The van der Waals surface area contributed by atoms with Crippen LogP contribution in [0.2, 0.25) is 0 Å². The molecule has 0 saturated carbocycles. The molecule has 0 spiro atoms. The zero-order valence-corrected chi connectivity index (χ0v) is 20.0. The van der Waals surface area contributed by atoms with Crippen molar-refractivity contribution in [2.75, 3.05) is 43.4 Å². The summed E-state index contributed by atoms with van der Waals surface area (Å²) in [6, 6.07) is 20.5. The van der Waals surface area contributed by atoms with Crippen LogP contribution in [0.15, 0.2) is 71.7 Å². The highest BCUT2D eigenvalue weighted by atomic mass is 16.1. The van der Waals surface area contributed by atoms with Gasteiger partial charge in [0.1, 0.15) is 5.65 Å². The molecule has 178 valence electrons. The number of aryl methyl sites for hydroxylation is 1. The number of aromatic nitrogens is 3. The van der Waals surface area contributed by atoms with Gasteiger partial charge in [0, 0.05) is 61.2 Å². The van der Waals surface area contributed by atoms with E-state index in [4.69, 9.17) is 4.98 Å². The first-order valence-corrected chi connectivity index (χ1v) is 12.4. The van der Waals surface area contributed by atoms with Crippen LogP contribution in [0.25, 0.3) is 11.0 Å². The molecule has 7 heteroatoms. The Morgan fingerprint density at radius 2 is 1.69 bits per heavy atom. The lowest BCUT2D eigenvalue weighted by Gasteiger charge is -2.34. The Morgan fingerprint density at radius 3 is 2.49 bits per heavy atom. The van der Waals surface area contributed by atoms with E-state index in [2.05, 4.69) is 75.7 Å². The molecule has 1 unspecified atom stereocenters. The van der Waals surface area contributed by atoms with Gasteiger partial charge in [0.2, 0.25) is 5.95 Å². The molecule has 3 heterocycles. The third-order valence-corrected chi connectivity index (χ3v) is 7.34. The molecule has 6 rings (SSSR count). The van der Waals surface area contributed by atoms with Crippen molar-refractivity contribution in [3.63, 3.8) is 0 Å². The van der Waals surface area contributed by atoms with Gasteiger partial charge >= 0.3 is 0 Å². The van der Waals surface area contributed by atoms with Crippen molar-refractivity contribution in [2.45, 2.75) is 25.3 Å². The number of nitrogens with zero attached hydrogens (tertiary/aromatic N) is 5. The molecule has 2 aromatic carbocycles. The molecule has 1 atom stereocenters. The average Bonchev–Trinajstić information content (AvgIpc) is 2.89. The smallest absolute Gasteiger partial charge is 0.252 e. The Hall–Kier alpha value is -3.71. The van der Waals surface area contributed by atoms with Gasteiger partial charge in [-0.05, 0) is 67.8 Å². The number of likely N-dealkylation sites (N-methyl/N-ethyl adjacent to an activating group) is 1. The van der Waals surface area contributed by atoms with Gasteiger partial charge in [-0.1, -0.05) is 24.3 Å². The maximum atomic E-state index is 13.0. The quantitative estimate of drug-likeness (QED) is 0.490. The lowest BCUT2D eigenvalue weighted by atomic mass is 9.88. The molecule has 35 heavy (non-hydrogen) atoms. The molecule has 2 aromatic heterocycles. The van der Waals surface area contributed by atoms with Gasteiger partial charge in [0.15, 0.2) is 0 Å². The number of hydrogen-bond donors (Lipinski definition) is 1. The summed E-state index contributed by atoms with van der Waals surface area (Å²) in [6.45, 7) is 4.25. The summed E-state index contributed by atoms with van der Waals surface area (Å²) < 4.78 is 1.87. The third-order valence-electron chi connectivity index (χ3n) is 7.34. The van der Waals surface area contributed by atoms with Crippen LogP contribution >= 0.6 is 0 Å². The van der Waals surface area contributed by atoms with E-state index < -0.39 is 0 Å². The van der Waals surface area contributed by atoms with Gasteiger partial charge < -0.3 is 15.1 Å². The highest BCUT2D eigenvalue weighted by Crippen LogP contribution is 2.30. The summed E-state index contributed by atoms with van der Waals surface area (Å²) in [7, 11) is 2.17. The molecule has 1 N–H and O–H groups in total. The minimum atomic E-state index is -0.0111. The van der Waals surface area contributed by atoms with Crippen LogP contribution in [0.1, 0.15) is 23.6 Å². The predicted octanol–water partition coefficient (Wildman–Crippen LogP) is 4.02. The Kier molecular flexibility index (Phi) is 5.70. The lowest BCUT2D eigenvalue weighted by Crippen LogP contribution is -2.44. The average molecular weight is 467 g/mol. The SMILES string of the molecule is CN1CCN(c2ccc(Nc3ncc4ccc(=O)n(C5CCc6ccccc6C5)c4n3)cc2)CC1. The van der Waals surface area contributed by atoms with E-state index >= 15 is 0 Å². The van der Waals surface area contributed by atoms with Crippen molar-refractivity contribution >= 4 is 28.4 Å². The lowest BCUT2D eigenvalue weighted by molar-refractivity contribution is 0.313. The topological polar surface area (TPSA) is 66.3 Å². The Balaban J connectivity index is 1.26. The van der Waals surface area contributed by atoms with Crippen molar-refractivity contribution in [1.29, 1.82) is 0 Å². The van der Waals surface area contributed by atoms with Crippen LogP contribution in [0, 0.1) is 0 Å². The molecule has 0 radical (unpaired) electrons. The van der Waals surface area contributed by atoms with Gasteiger partial charge in [-0.25, -0.2) is 4.98 Å². The molecule has 0 amide bonds. The maximum Gasteiger partial charge on any atom is 0.252 e. The Labute approximate surface area is 205 Å². The standard InChI is InChI=1S/C28H30N6O/c1-32-14-16-33(17-15-32)24-11-8-23(9-12-24)30-28-29-19-22-7-13-26(35)34(27(22)31-28)25-10-6-20-4-2-3-5-21(20)18-25/h2-5,7-9,11-13,19,25H,6,10,14-18H2,1H3,(H,29,30,31). The zero-order valence-electron chi connectivity index (χ0n) is 20.0. The summed E-state index contributed by atoms with van der Waals surface area (Å²) in [5.74, 6) is 0.500. The molecular formula is C28H30N6O. The highest BCUT2D eigenvalue weighted by Gasteiger charge is 2.23. The van der Waals surface area contributed by atoms with E-state index in [-0.39, 0.29) is 11.6 Å². The van der Waals surface area contributed by atoms with Crippen molar-refractivity contribution in [3.05, 3.63) is 88.3 Å². The van der Waals surface area contributed by atoms with Gasteiger partial charge in [-0.2, -0.15) is 4.98 Å². The first kappa shape index (κ1) is 21.8. The monoisotopic (exact) mass is 466 g/mol. The number of fused-ring (bicyclic) bond motifs is 2. The van der Waals surface area contributed by atoms with Crippen molar-refractivity contribution in [2.24, 2.45) is 0 Å². The zero-order chi connectivity index (χ0) is 23.8. The molecule has 2 aliphatic rings. The van der Waals surface area contributed by atoms with Crippen molar-refractivity contribution in [3.8, 4) is 0 Å². The molecule has 1 aliphatic heterocycles. The molecule has 7 nitrogen and oxygen atoms in total. The van der Waals surface area contributed by atoms with E-state index in [0.717, 1.165) is 56.5 Å². The first-order chi connectivity index (χ1) is 17.1. The maximum absolute atomic E-state index is 13.0. The largest absolute Gasteiger partial charge is 0.369 e. The second kappa shape index (κ2) is 9.15. The summed E-state index contributed by atoms with van der Waals surface area (Å²) in [5, 5.41) is 4.21. The van der Waals surface area contributed by atoms with Crippen LogP contribution in [0.4, 0.5) is 17.3 Å². The van der Waals surface area contributed by atoms with E-state index in [1.807, 2.05) is 10.6 Å². The number of nitrogens with one attached hydrogen (secondary N) is 1. The van der Waals surface area contributed by atoms with Gasteiger partial charge in [0.05, 0.1) is 0 Å². The van der Waals surface area contributed by atoms with E-state index in [9.17, 15) is 4.79 Å². The normalized spacial score (nSPS) is 18.4. The summed E-state index contributed by atoms with van der Waals surface area (Å²) in [4.78, 5) is 27.1. The van der Waals surface area contributed by atoms with E-state index in [1.165, 1.54) is 16.8 Å². The van der Waals surface area contributed by atoms with Crippen molar-refractivity contribution < 1.29 is 0 Å². The Morgan fingerprint density at radius 1 is 0.914 bits per heavy atom. The fourth-order valence-corrected chi connectivity index (χ4v) is 5.30. The number of piperazine rings is 1. The summed E-state index contributed by atoms with van der Waals surface area (Å²) in [6.07, 6.45) is 4.54. The van der Waals surface area contributed by atoms with Crippen LogP contribution in [0.5, 0.6) is 0 Å². The van der Waals surface area contributed by atoms with Crippen LogP contribution in [-0.2, 0) is 12.8 Å². The van der Waals surface area contributed by atoms with Crippen LogP contribution in [0.3, 0.4) is 0 Å². The van der Waals surface area contributed by atoms with E-state index in [0.29, 0.717) is 11.6 Å². The molecule has 0 bridgehead atoms. The van der Waals surface area contributed by atoms with Gasteiger partial charge in [-0.15, -0.1) is 0 Å². The van der Waals surface area contributed by atoms with Crippen LogP contribution < -0.4 is 15.8 Å².